The van der Waals surface area contributed by atoms with E-state index in [0.29, 0.717) is 5.95 Å². The number of aromatic nitrogens is 2. The second kappa shape index (κ2) is 6.41. The van der Waals surface area contributed by atoms with Gasteiger partial charge in [-0.2, -0.15) is 4.98 Å². The van der Waals surface area contributed by atoms with Crippen molar-refractivity contribution >= 4 is 54.9 Å². The molecule has 0 bridgehead atoms. The molecule has 2 aromatic heterocycles. The number of thiophene rings is 1. The van der Waals surface area contributed by atoms with Crippen LogP contribution in [-0.4, -0.2) is 16.5 Å². The first-order chi connectivity index (χ1) is 10.3. The zero-order valence-corrected chi connectivity index (χ0v) is 14.0. The number of halogens is 1. The molecule has 0 aliphatic carbocycles. The van der Waals surface area contributed by atoms with E-state index >= 15 is 0 Å². The van der Waals surface area contributed by atoms with Crippen molar-refractivity contribution in [3.05, 3.63) is 40.2 Å². The van der Waals surface area contributed by atoms with Gasteiger partial charge in [0.2, 0.25) is 5.95 Å². The van der Waals surface area contributed by atoms with Crippen LogP contribution < -0.4 is 10.6 Å². The maximum Gasteiger partial charge on any atom is 0.226 e. The molecule has 2 N–H and O–H groups in total. The monoisotopic (exact) mass is 362 g/mol. The molecule has 4 nitrogen and oxygen atoms in total. The summed E-state index contributed by atoms with van der Waals surface area (Å²) in [5.74, 6) is 1.49. The zero-order chi connectivity index (χ0) is 14.7. The van der Waals surface area contributed by atoms with Crippen LogP contribution in [0.3, 0.4) is 0 Å². The first kappa shape index (κ1) is 14.3. The molecule has 0 atom stereocenters. The van der Waals surface area contributed by atoms with Crippen LogP contribution in [0.5, 0.6) is 0 Å². The van der Waals surface area contributed by atoms with Crippen LogP contribution in [0.2, 0.25) is 0 Å². The number of benzene rings is 1. The lowest BCUT2D eigenvalue weighted by atomic mass is 10.3. The van der Waals surface area contributed by atoms with Crippen molar-refractivity contribution in [2.24, 2.45) is 0 Å². The van der Waals surface area contributed by atoms with Crippen LogP contribution in [0.25, 0.3) is 10.2 Å². The minimum absolute atomic E-state index is 0.668. The molecule has 21 heavy (non-hydrogen) atoms. The third-order valence-corrected chi connectivity index (χ3v) is 4.48. The summed E-state index contributed by atoms with van der Waals surface area (Å²) in [6.07, 6.45) is 1.04. The number of nitrogens with one attached hydrogen (secondary N) is 2. The van der Waals surface area contributed by atoms with Crippen LogP contribution in [0, 0.1) is 0 Å². The van der Waals surface area contributed by atoms with Gasteiger partial charge in [0.1, 0.15) is 10.6 Å². The van der Waals surface area contributed by atoms with Gasteiger partial charge in [0.15, 0.2) is 0 Å². The molecule has 0 saturated carbocycles. The maximum atomic E-state index is 4.60. The molecule has 0 spiro atoms. The molecule has 6 heteroatoms. The molecule has 0 saturated heterocycles. The third kappa shape index (κ3) is 3.16. The Labute approximate surface area is 135 Å². The van der Waals surface area contributed by atoms with Gasteiger partial charge in [0, 0.05) is 11.0 Å². The van der Waals surface area contributed by atoms with Crippen molar-refractivity contribution in [3.63, 3.8) is 0 Å². The summed E-state index contributed by atoms with van der Waals surface area (Å²) in [5, 5.41) is 9.71. The highest BCUT2D eigenvalue weighted by molar-refractivity contribution is 9.10. The molecule has 0 radical (unpaired) electrons. The average molecular weight is 363 g/mol. The summed E-state index contributed by atoms with van der Waals surface area (Å²) in [6.45, 7) is 2.99. The fraction of sp³-hybridized carbons (Fsp3) is 0.200. The lowest BCUT2D eigenvalue weighted by Crippen LogP contribution is -2.06. The Bertz CT molecular complexity index is 756. The summed E-state index contributed by atoms with van der Waals surface area (Å²) in [5.41, 5.74) is 0.991. The predicted molar refractivity (Wildman–Crippen MR) is 93.6 cm³/mol. The van der Waals surface area contributed by atoms with Crippen molar-refractivity contribution in [2.75, 3.05) is 17.2 Å². The van der Waals surface area contributed by atoms with E-state index in [2.05, 4.69) is 43.5 Å². The minimum Gasteiger partial charge on any atom is -0.354 e. The smallest absolute Gasteiger partial charge is 0.226 e. The SMILES string of the molecule is CCCNc1nc(Nc2ccccc2Br)c2ccsc2n1. The predicted octanol–water partition coefficient (Wildman–Crippen LogP) is 5.02. The number of fused-ring (bicyclic) bond motifs is 1. The van der Waals surface area contributed by atoms with E-state index in [-0.39, 0.29) is 0 Å². The Morgan fingerprint density at radius 3 is 2.86 bits per heavy atom. The molecule has 0 fully saturated rings. The van der Waals surface area contributed by atoms with E-state index in [0.717, 1.165) is 39.2 Å². The Balaban J connectivity index is 2.00. The van der Waals surface area contributed by atoms with E-state index in [9.17, 15) is 0 Å². The number of anilines is 3. The lowest BCUT2D eigenvalue weighted by Gasteiger charge is -2.11. The Hall–Kier alpha value is -1.66. The van der Waals surface area contributed by atoms with E-state index in [4.69, 9.17) is 0 Å². The molecule has 3 aromatic rings. The molecule has 2 heterocycles. The van der Waals surface area contributed by atoms with Crippen molar-refractivity contribution in [1.29, 1.82) is 0 Å². The highest BCUT2D eigenvalue weighted by Gasteiger charge is 2.10. The van der Waals surface area contributed by atoms with Gasteiger partial charge >= 0.3 is 0 Å². The first-order valence-electron chi connectivity index (χ1n) is 6.78. The van der Waals surface area contributed by atoms with Crippen LogP contribution >= 0.6 is 27.3 Å². The van der Waals surface area contributed by atoms with Crippen LogP contribution in [0.4, 0.5) is 17.5 Å². The van der Waals surface area contributed by atoms with Gasteiger partial charge in [-0.05, 0) is 45.9 Å². The van der Waals surface area contributed by atoms with Crippen LogP contribution in [0.1, 0.15) is 13.3 Å². The standard InChI is InChI=1S/C15H15BrN4S/c1-2-8-17-15-19-13(10-7-9-21-14(10)20-15)18-12-6-4-3-5-11(12)16/h3-7,9H,2,8H2,1H3,(H2,17,18,19,20). The van der Waals surface area contributed by atoms with Crippen molar-refractivity contribution in [2.45, 2.75) is 13.3 Å². The number of hydrogen-bond acceptors (Lipinski definition) is 5. The second-order valence-corrected chi connectivity index (χ2v) is 6.32. The van der Waals surface area contributed by atoms with Crippen molar-refractivity contribution < 1.29 is 0 Å². The highest BCUT2D eigenvalue weighted by Crippen LogP contribution is 2.31. The fourth-order valence-corrected chi connectivity index (χ4v) is 3.10. The summed E-state index contributed by atoms with van der Waals surface area (Å²) in [7, 11) is 0. The maximum absolute atomic E-state index is 4.60. The molecular formula is C15H15BrN4S. The molecule has 0 aliphatic heterocycles. The molecule has 0 aliphatic rings. The fourth-order valence-electron chi connectivity index (χ4n) is 1.96. The summed E-state index contributed by atoms with van der Waals surface area (Å²) in [6, 6.07) is 10.1. The van der Waals surface area contributed by atoms with Gasteiger partial charge in [0.25, 0.3) is 0 Å². The summed E-state index contributed by atoms with van der Waals surface area (Å²) in [4.78, 5) is 10.1. The van der Waals surface area contributed by atoms with Gasteiger partial charge in [-0.1, -0.05) is 19.1 Å². The van der Waals surface area contributed by atoms with Gasteiger partial charge in [-0.25, -0.2) is 4.98 Å². The van der Waals surface area contributed by atoms with E-state index in [1.807, 2.05) is 35.7 Å². The Morgan fingerprint density at radius 2 is 2.05 bits per heavy atom. The largest absolute Gasteiger partial charge is 0.354 e. The molecule has 108 valence electrons. The van der Waals surface area contributed by atoms with Gasteiger partial charge in [-0.15, -0.1) is 11.3 Å². The Kier molecular flexibility index (Phi) is 4.36. The molecule has 0 amide bonds. The van der Waals surface area contributed by atoms with E-state index in [1.54, 1.807) is 11.3 Å². The van der Waals surface area contributed by atoms with Crippen molar-refractivity contribution in [3.8, 4) is 0 Å². The van der Waals surface area contributed by atoms with Gasteiger partial charge in [-0.3, -0.25) is 0 Å². The number of hydrogen-bond donors (Lipinski definition) is 2. The van der Waals surface area contributed by atoms with E-state index < -0.39 is 0 Å². The second-order valence-electron chi connectivity index (χ2n) is 4.57. The van der Waals surface area contributed by atoms with E-state index in [1.165, 1.54) is 0 Å². The lowest BCUT2D eigenvalue weighted by molar-refractivity contribution is 0.958. The van der Waals surface area contributed by atoms with Gasteiger partial charge in [0.05, 0.1) is 11.1 Å². The number of nitrogens with zero attached hydrogens (tertiary/aromatic N) is 2. The zero-order valence-electron chi connectivity index (χ0n) is 11.6. The quantitative estimate of drug-likeness (QED) is 0.668. The minimum atomic E-state index is 0.668. The average Bonchev–Trinajstić information content (AvgIpc) is 2.96. The summed E-state index contributed by atoms with van der Waals surface area (Å²) >= 11 is 5.17. The van der Waals surface area contributed by atoms with Crippen molar-refractivity contribution in [1.82, 2.24) is 9.97 Å². The third-order valence-electron chi connectivity index (χ3n) is 2.99. The van der Waals surface area contributed by atoms with Crippen LogP contribution in [0.15, 0.2) is 40.2 Å². The number of para-hydroxylation sites is 1. The first-order valence-corrected chi connectivity index (χ1v) is 8.46. The summed E-state index contributed by atoms with van der Waals surface area (Å²) < 4.78 is 1.01. The molecule has 1 aromatic carbocycles. The van der Waals surface area contributed by atoms with Crippen LogP contribution in [-0.2, 0) is 0 Å². The topological polar surface area (TPSA) is 49.8 Å². The Morgan fingerprint density at radius 1 is 1.19 bits per heavy atom. The molecule has 3 rings (SSSR count). The molecular weight excluding hydrogens is 348 g/mol. The number of rotatable bonds is 5. The normalized spacial score (nSPS) is 10.8. The van der Waals surface area contributed by atoms with Gasteiger partial charge < -0.3 is 10.6 Å². The highest BCUT2D eigenvalue weighted by atomic mass is 79.9. The molecule has 0 unspecified atom stereocenters.